The fourth-order valence-corrected chi connectivity index (χ4v) is 2.57. The average Bonchev–Trinajstić information content (AvgIpc) is 2.50. The molecule has 7 nitrogen and oxygen atoms in total. The molecule has 2 N–H and O–H groups in total. The first-order valence-corrected chi connectivity index (χ1v) is 7.23. The van der Waals surface area contributed by atoms with E-state index in [0.29, 0.717) is 19.3 Å². The number of methoxy groups -OCH3 is 2. The van der Waals surface area contributed by atoms with Crippen LogP contribution in [0.3, 0.4) is 0 Å². The van der Waals surface area contributed by atoms with Crippen molar-refractivity contribution in [1.82, 2.24) is 9.78 Å². The largest absolute Gasteiger partial charge is 0.383 e. The number of nitrogens with two attached hydrogens (primary N) is 1. The Bertz CT molecular complexity index is 497. The van der Waals surface area contributed by atoms with Gasteiger partial charge >= 0.3 is 0 Å². The summed E-state index contributed by atoms with van der Waals surface area (Å²) in [4.78, 5) is 14.3. The van der Waals surface area contributed by atoms with E-state index in [1.165, 1.54) is 4.68 Å². The van der Waals surface area contributed by atoms with E-state index in [1.54, 1.807) is 26.5 Å². The summed E-state index contributed by atoms with van der Waals surface area (Å²) in [7, 11) is 3.33. The third-order valence-corrected chi connectivity index (χ3v) is 3.78. The van der Waals surface area contributed by atoms with E-state index < -0.39 is 0 Å². The molecule has 0 aliphatic carbocycles. The molecule has 0 spiro atoms. The van der Waals surface area contributed by atoms with Crippen LogP contribution < -0.4 is 16.2 Å². The molecule has 1 fully saturated rings. The maximum absolute atomic E-state index is 12.1. The molecule has 1 aliphatic heterocycles. The van der Waals surface area contributed by atoms with Crippen molar-refractivity contribution in [3.8, 4) is 0 Å². The van der Waals surface area contributed by atoms with Crippen molar-refractivity contribution in [3.05, 3.63) is 22.6 Å². The first kappa shape index (κ1) is 15.9. The zero-order valence-corrected chi connectivity index (χ0v) is 12.7. The van der Waals surface area contributed by atoms with Gasteiger partial charge in [0.2, 0.25) is 0 Å². The van der Waals surface area contributed by atoms with Crippen molar-refractivity contribution in [1.29, 1.82) is 0 Å². The van der Waals surface area contributed by atoms with Gasteiger partial charge in [-0.3, -0.25) is 4.79 Å². The topological polar surface area (TPSA) is 82.6 Å². The fraction of sp³-hybridized carbons (Fsp3) is 0.714. The predicted molar refractivity (Wildman–Crippen MR) is 80.6 cm³/mol. The molecule has 0 aromatic carbocycles. The van der Waals surface area contributed by atoms with Gasteiger partial charge in [-0.25, -0.2) is 4.68 Å². The molecule has 2 rings (SSSR count). The lowest BCUT2D eigenvalue weighted by molar-refractivity contribution is 0.0819. The van der Waals surface area contributed by atoms with Gasteiger partial charge in [0, 0.05) is 39.4 Å². The number of hydrogen-bond donors (Lipinski definition) is 1. The Kier molecular flexibility index (Phi) is 5.72. The van der Waals surface area contributed by atoms with Gasteiger partial charge in [0.15, 0.2) is 0 Å². The molecule has 1 aliphatic rings. The van der Waals surface area contributed by atoms with Gasteiger partial charge in [0.25, 0.3) is 5.56 Å². The lowest BCUT2D eigenvalue weighted by Gasteiger charge is -2.32. The Morgan fingerprint density at radius 3 is 2.71 bits per heavy atom. The van der Waals surface area contributed by atoms with E-state index in [-0.39, 0.29) is 11.6 Å². The van der Waals surface area contributed by atoms with Crippen molar-refractivity contribution in [3.63, 3.8) is 0 Å². The molecule has 118 valence electrons. The molecule has 2 heterocycles. The predicted octanol–water partition coefficient (Wildman–Crippen LogP) is -0.168. The summed E-state index contributed by atoms with van der Waals surface area (Å²) in [6, 6.07) is 1.39. The van der Waals surface area contributed by atoms with Crippen molar-refractivity contribution < 1.29 is 9.47 Å². The molecule has 1 saturated heterocycles. The summed E-state index contributed by atoms with van der Waals surface area (Å²) in [5.41, 5.74) is 6.58. The van der Waals surface area contributed by atoms with E-state index in [4.69, 9.17) is 15.2 Å². The number of aromatic nitrogens is 2. The Morgan fingerprint density at radius 1 is 1.43 bits per heavy atom. The van der Waals surface area contributed by atoms with Crippen LogP contribution in [0, 0.1) is 0 Å². The maximum Gasteiger partial charge on any atom is 0.268 e. The van der Waals surface area contributed by atoms with Gasteiger partial charge in [-0.05, 0) is 12.8 Å². The fourth-order valence-electron chi connectivity index (χ4n) is 2.57. The number of rotatable bonds is 6. The number of hydrogen-bond acceptors (Lipinski definition) is 6. The van der Waals surface area contributed by atoms with Gasteiger partial charge < -0.3 is 20.1 Å². The van der Waals surface area contributed by atoms with Crippen molar-refractivity contribution in [2.45, 2.75) is 31.5 Å². The first-order chi connectivity index (χ1) is 10.1. The SMILES string of the molecule is COCC(N)Cn1ncc(N2CCC(OC)CC2)cc1=O. The molecule has 0 radical (unpaired) electrons. The van der Waals surface area contributed by atoms with Crippen LogP contribution in [0.25, 0.3) is 0 Å². The molecule has 7 heteroatoms. The Hall–Kier alpha value is -1.44. The van der Waals surface area contributed by atoms with Crippen LogP contribution in [0.5, 0.6) is 0 Å². The van der Waals surface area contributed by atoms with E-state index in [1.807, 2.05) is 0 Å². The first-order valence-electron chi connectivity index (χ1n) is 7.23. The molecule has 21 heavy (non-hydrogen) atoms. The summed E-state index contributed by atoms with van der Waals surface area (Å²) >= 11 is 0. The monoisotopic (exact) mass is 296 g/mol. The van der Waals surface area contributed by atoms with Gasteiger partial charge in [0.05, 0.1) is 31.1 Å². The summed E-state index contributed by atoms with van der Waals surface area (Å²) < 4.78 is 11.7. The quantitative estimate of drug-likeness (QED) is 0.785. The number of piperidine rings is 1. The van der Waals surface area contributed by atoms with Crippen LogP contribution in [0.2, 0.25) is 0 Å². The van der Waals surface area contributed by atoms with E-state index in [2.05, 4.69) is 10.00 Å². The second kappa shape index (κ2) is 7.53. The minimum atomic E-state index is -0.233. The van der Waals surface area contributed by atoms with Crippen molar-refractivity contribution in [2.24, 2.45) is 5.73 Å². The summed E-state index contributed by atoms with van der Waals surface area (Å²) in [6.07, 6.45) is 3.99. The van der Waals surface area contributed by atoms with Crippen LogP contribution in [0.4, 0.5) is 5.69 Å². The highest BCUT2D eigenvalue weighted by atomic mass is 16.5. The third-order valence-electron chi connectivity index (χ3n) is 3.78. The van der Waals surface area contributed by atoms with Gasteiger partial charge in [-0.2, -0.15) is 5.10 Å². The highest BCUT2D eigenvalue weighted by Gasteiger charge is 2.19. The van der Waals surface area contributed by atoms with Crippen LogP contribution in [-0.2, 0) is 16.0 Å². The van der Waals surface area contributed by atoms with Crippen LogP contribution in [0.15, 0.2) is 17.1 Å². The van der Waals surface area contributed by atoms with Crippen LogP contribution >= 0.6 is 0 Å². The molecular weight excluding hydrogens is 272 g/mol. The normalized spacial score (nSPS) is 18.0. The zero-order valence-electron chi connectivity index (χ0n) is 12.7. The van der Waals surface area contributed by atoms with Crippen molar-refractivity contribution >= 4 is 5.69 Å². The Morgan fingerprint density at radius 2 is 2.14 bits per heavy atom. The van der Waals surface area contributed by atoms with Crippen LogP contribution in [-0.4, -0.2) is 55.8 Å². The lowest BCUT2D eigenvalue weighted by Crippen LogP contribution is -2.39. The molecule has 0 saturated carbocycles. The van der Waals surface area contributed by atoms with E-state index in [0.717, 1.165) is 31.6 Å². The smallest absolute Gasteiger partial charge is 0.268 e. The third kappa shape index (κ3) is 4.26. The molecular formula is C14H24N4O3. The van der Waals surface area contributed by atoms with E-state index in [9.17, 15) is 4.79 Å². The molecule has 0 amide bonds. The second-order valence-corrected chi connectivity index (χ2v) is 5.37. The summed E-state index contributed by atoms with van der Waals surface area (Å²) in [5, 5.41) is 4.21. The molecule has 1 unspecified atom stereocenters. The zero-order chi connectivity index (χ0) is 15.2. The highest BCUT2D eigenvalue weighted by molar-refractivity contribution is 5.43. The highest BCUT2D eigenvalue weighted by Crippen LogP contribution is 2.18. The average molecular weight is 296 g/mol. The number of anilines is 1. The lowest BCUT2D eigenvalue weighted by atomic mass is 10.1. The Labute approximate surface area is 124 Å². The minimum Gasteiger partial charge on any atom is -0.383 e. The number of ether oxygens (including phenoxy) is 2. The molecule has 1 aromatic heterocycles. The standard InChI is InChI=1S/C14H24N4O3/c1-20-10-11(15)9-18-14(19)7-12(8-16-18)17-5-3-13(21-2)4-6-17/h7-8,11,13H,3-6,9-10,15H2,1-2H3. The molecule has 1 atom stereocenters. The van der Waals surface area contributed by atoms with Crippen molar-refractivity contribution in [2.75, 3.05) is 38.8 Å². The summed E-state index contributed by atoms with van der Waals surface area (Å²) in [6.45, 7) is 2.53. The van der Waals surface area contributed by atoms with Gasteiger partial charge in [-0.15, -0.1) is 0 Å². The van der Waals surface area contributed by atoms with E-state index >= 15 is 0 Å². The Balaban J connectivity index is 2.00. The van der Waals surface area contributed by atoms with Gasteiger partial charge in [0.1, 0.15) is 0 Å². The van der Waals surface area contributed by atoms with Crippen LogP contribution in [0.1, 0.15) is 12.8 Å². The minimum absolute atomic E-state index is 0.132. The molecule has 1 aromatic rings. The summed E-state index contributed by atoms with van der Waals surface area (Å²) in [5.74, 6) is 0. The second-order valence-electron chi connectivity index (χ2n) is 5.37. The van der Waals surface area contributed by atoms with Gasteiger partial charge in [-0.1, -0.05) is 0 Å². The maximum atomic E-state index is 12.1. The molecule has 0 bridgehead atoms. The number of nitrogens with zero attached hydrogens (tertiary/aromatic N) is 3.